The number of aromatic nitrogens is 2. The van der Waals surface area contributed by atoms with E-state index < -0.39 is 0 Å². The van der Waals surface area contributed by atoms with Crippen LogP contribution in [0.4, 0.5) is 10.7 Å². The third kappa shape index (κ3) is 3.09. The molecule has 22 heavy (non-hydrogen) atoms. The van der Waals surface area contributed by atoms with Gasteiger partial charge in [-0.3, -0.25) is 0 Å². The number of hydrogen-bond acceptors (Lipinski definition) is 5. The molecule has 3 rings (SSSR count). The molecule has 0 saturated heterocycles. The monoisotopic (exact) mass is 311 g/mol. The molecule has 1 aromatic heterocycles. The molecule has 0 amide bonds. The molecule has 0 saturated carbocycles. The molecule has 0 aliphatic rings. The summed E-state index contributed by atoms with van der Waals surface area (Å²) in [6.45, 7) is 2.76. The highest BCUT2D eigenvalue weighted by atomic mass is 32.1. The average Bonchev–Trinajstić information content (AvgIpc) is 3.00. The van der Waals surface area contributed by atoms with Crippen LogP contribution in [0.1, 0.15) is 11.3 Å². The van der Waals surface area contributed by atoms with Gasteiger partial charge in [0.05, 0.1) is 12.8 Å². The zero-order valence-corrected chi connectivity index (χ0v) is 13.4. The standard InChI is InChI=1S/C17H17N3OS/c1-13-17(22-19-18-13)20(12-14-6-4-3-5-7-14)15-8-10-16(21-2)11-9-15/h3-11H,12H2,1-2H3. The second-order valence-corrected chi connectivity index (χ2v) is 5.67. The van der Waals surface area contributed by atoms with Crippen molar-refractivity contribution in [2.75, 3.05) is 12.0 Å². The van der Waals surface area contributed by atoms with E-state index in [1.54, 1.807) is 7.11 Å². The van der Waals surface area contributed by atoms with E-state index in [1.165, 1.54) is 17.1 Å². The number of aryl methyl sites for hydroxylation is 1. The Morgan fingerprint density at radius 1 is 1.05 bits per heavy atom. The lowest BCUT2D eigenvalue weighted by molar-refractivity contribution is 0.415. The fourth-order valence-corrected chi connectivity index (χ4v) is 2.96. The Labute approximate surface area is 134 Å². The summed E-state index contributed by atoms with van der Waals surface area (Å²) in [6.07, 6.45) is 0. The van der Waals surface area contributed by atoms with Gasteiger partial charge in [-0.25, -0.2) is 0 Å². The molecular weight excluding hydrogens is 294 g/mol. The highest BCUT2D eigenvalue weighted by Gasteiger charge is 2.15. The van der Waals surface area contributed by atoms with Crippen molar-refractivity contribution >= 4 is 22.2 Å². The first-order chi connectivity index (χ1) is 10.8. The zero-order chi connectivity index (χ0) is 15.4. The van der Waals surface area contributed by atoms with Crippen LogP contribution in [-0.2, 0) is 6.54 Å². The molecule has 2 aromatic carbocycles. The number of anilines is 2. The van der Waals surface area contributed by atoms with Gasteiger partial charge in [0.2, 0.25) is 0 Å². The van der Waals surface area contributed by atoms with E-state index >= 15 is 0 Å². The van der Waals surface area contributed by atoms with Gasteiger partial charge >= 0.3 is 0 Å². The summed E-state index contributed by atoms with van der Waals surface area (Å²) in [5, 5.41) is 5.20. The lowest BCUT2D eigenvalue weighted by Gasteiger charge is -2.23. The van der Waals surface area contributed by atoms with E-state index in [9.17, 15) is 0 Å². The van der Waals surface area contributed by atoms with Crippen LogP contribution in [0.5, 0.6) is 5.75 Å². The zero-order valence-electron chi connectivity index (χ0n) is 12.6. The van der Waals surface area contributed by atoms with Gasteiger partial charge in [0, 0.05) is 23.8 Å². The molecule has 0 N–H and O–H groups in total. The Kier molecular flexibility index (Phi) is 4.34. The quantitative estimate of drug-likeness (QED) is 0.708. The first-order valence-electron chi connectivity index (χ1n) is 7.02. The predicted molar refractivity (Wildman–Crippen MR) is 89.9 cm³/mol. The second-order valence-electron chi connectivity index (χ2n) is 4.93. The average molecular weight is 311 g/mol. The lowest BCUT2D eigenvalue weighted by Crippen LogP contribution is -2.16. The minimum absolute atomic E-state index is 0.776. The molecule has 0 aliphatic carbocycles. The Morgan fingerprint density at radius 3 is 2.36 bits per heavy atom. The van der Waals surface area contributed by atoms with E-state index in [1.807, 2.05) is 25.1 Å². The van der Waals surface area contributed by atoms with Gasteiger partial charge in [-0.05, 0) is 36.8 Å². The molecule has 0 aliphatic heterocycles. The Hall–Kier alpha value is -2.40. The van der Waals surface area contributed by atoms with Crippen molar-refractivity contribution in [2.45, 2.75) is 13.5 Å². The molecule has 0 fully saturated rings. The Morgan fingerprint density at radius 2 is 1.77 bits per heavy atom. The third-order valence-corrected chi connectivity index (χ3v) is 4.29. The van der Waals surface area contributed by atoms with Crippen LogP contribution in [0.15, 0.2) is 54.6 Å². The summed E-state index contributed by atoms with van der Waals surface area (Å²) in [5.41, 5.74) is 3.28. The van der Waals surface area contributed by atoms with Crippen LogP contribution in [0, 0.1) is 6.92 Å². The number of ether oxygens (including phenoxy) is 1. The van der Waals surface area contributed by atoms with E-state index in [-0.39, 0.29) is 0 Å². The van der Waals surface area contributed by atoms with Crippen LogP contribution in [-0.4, -0.2) is 16.7 Å². The maximum atomic E-state index is 5.24. The molecule has 0 bridgehead atoms. The van der Waals surface area contributed by atoms with Gasteiger partial charge in [-0.2, -0.15) is 0 Å². The summed E-state index contributed by atoms with van der Waals surface area (Å²) in [5.74, 6) is 0.850. The molecule has 0 radical (unpaired) electrons. The highest BCUT2D eigenvalue weighted by molar-refractivity contribution is 7.10. The minimum Gasteiger partial charge on any atom is -0.497 e. The highest BCUT2D eigenvalue weighted by Crippen LogP contribution is 2.33. The fourth-order valence-electron chi connectivity index (χ4n) is 2.28. The number of methoxy groups -OCH3 is 1. The SMILES string of the molecule is COc1ccc(N(Cc2ccccc2)c2snnc2C)cc1. The molecule has 112 valence electrons. The molecule has 0 unspecified atom stereocenters. The summed E-state index contributed by atoms with van der Waals surface area (Å²) in [7, 11) is 1.67. The lowest BCUT2D eigenvalue weighted by atomic mass is 10.2. The number of benzene rings is 2. The van der Waals surface area contributed by atoms with Gasteiger partial charge in [0.25, 0.3) is 0 Å². The van der Waals surface area contributed by atoms with Crippen LogP contribution in [0.3, 0.4) is 0 Å². The molecule has 0 spiro atoms. The Bertz CT molecular complexity index is 725. The maximum absolute atomic E-state index is 5.24. The second kappa shape index (κ2) is 6.58. The molecular formula is C17H17N3OS. The van der Waals surface area contributed by atoms with Gasteiger partial charge in [0.1, 0.15) is 10.8 Å². The molecule has 3 aromatic rings. The van der Waals surface area contributed by atoms with Crippen molar-refractivity contribution < 1.29 is 4.74 Å². The van der Waals surface area contributed by atoms with Crippen molar-refractivity contribution in [1.82, 2.24) is 9.59 Å². The van der Waals surface area contributed by atoms with Crippen molar-refractivity contribution in [3.8, 4) is 5.75 Å². The van der Waals surface area contributed by atoms with E-state index in [0.29, 0.717) is 0 Å². The first-order valence-corrected chi connectivity index (χ1v) is 7.80. The molecule has 4 nitrogen and oxygen atoms in total. The van der Waals surface area contributed by atoms with Crippen molar-refractivity contribution in [3.63, 3.8) is 0 Å². The number of nitrogens with zero attached hydrogens (tertiary/aromatic N) is 3. The normalized spacial score (nSPS) is 10.5. The van der Waals surface area contributed by atoms with Crippen LogP contribution in [0.2, 0.25) is 0 Å². The van der Waals surface area contributed by atoms with Crippen molar-refractivity contribution in [1.29, 1.82) is 0 Å². The van der Waals surface area contributed by atoms with E-state index in [0.717, 1.165) is 28.7 Å². The van der Waals surface area contributed by atoms with E-state index in [4.69, 9.17) is 4.74 Å². The molecule has 1 heterocycles. The first kappa shape index (κ1) is 14.5. The van der Waals surface area contributed by atoms with Gasteiger partial charge < -0.3 is 9.64 Å². The summed E-state index contributed by atoms with van der Waals surface area (Å²) >= 11 is 1.42. The predicted octanol–water partition coefficient (Wildman–Crippen LogP) is 4.19. The summed E-state index contributed by atoms with van der Waals surface area (Å²) in [6, 6.07) is 18.4. The van der Waals surface area contributed by atoms with Crippen LogP contribution in [0.25, 0.3) is 0 Å². The fraction of sp³-hybridized carbons (Fsp3) is 0.176. The number of rotatable bonds is 5. The molecule has 0 atom stereocenters. The molecule has 5 heteroatoms. The Balaban J connectivity index is 1.97. The topological polar surface area (TPSA) is 38.2 Å². The smallest absolute Gasteiger partial charge is 0.140 e. The summed E-state index contributed by atoms with van der Waals surface area (Å²) < 4.78 is 9.31. The third-order valence-electron chi connectivity index (χ3n) is 3.44. The van der Waals surface area contributed by atoms with Gasteiger partial charge in [0.15, 0.2) is 0 Å². The van der Waals surface area contributed by atoms with Crippen molar-refractivity contribution in [3.05, 3.63) is 65.9 Å². The van der Waals surface area contributed by atoms with Gasteiger partial charge in [-0.15, -0.1) is 5.10 Å². The largest absolute Gasteiger partial charge is 0.497 e. The minimum atomic E-state index is 0.776. The van der Waals surface area contributed by atoms with Crippen LogP contribution < -0.4 is 9.64 Å². The van der Waals surface area contributed by atoms with Crippen LogP contribution >= 0.6 is 11.5 Å². The van der Waals surface area contributed by atoms with Crippen molar-refractivity contribution in [2.24, 2.45) is 0 Å². The van der Waals surface area contributed by atoms with E-state index in [2.05, 4.69) is 50.9 Å². The number of hydrogen-bond donors (Lipinski definition) is 0. The summed E-state index contributed by atoms with van der Waals surface area (Å²) in [4.78, 5) is 2.23. The maximum Gasteiger partial charge on any atom is 0.140 e. The van der Waals surface area contributed by atoms with Gasteiger partial charge in [-0.1, -0.05) is 34.8 Å².